The van der Waals surface area contributed by atoms with E-state index in [1.807, 2.05) is 0 Å². The predicted octanol–water partition coefficient (Wildman–Crippen LogP) is 1.02. The number of carbonyl (C=O) groups excluding carboxylic acids is 2. The van der Waals surface area contributed by atoms with Crippen LogP contribution in [-0.4, -0.2) is 48.6 Å². The van der Waals surface area contributed by atoms with Gasteiger partial charge in [0.1, 0.15) is 5.71 Å². The minimum Gasteiger partial charge on any atom is -0.351 e. The first-order valence-corrected chi connectivity index (χ1v) is 8.00. The van der Waals surface area contributed by atoms with Gasteiger partial charge in [-0.25, -0.2) is 5.43 Å². The van der Waals surface area contributed by atoms with Gasteiger partial charge in [0.2, 0.25) is 5.91 Å². The van der Waals surface area contributed by atoms with Gasteiger partial charge in [0.05, 0.1) is 0 Å². The maximum absolute atomic E-state index is 11.8. The lowest BCUT2D eigenvalue weighted by Gasteiger charge is -2.31. The van der Waals surface area contributed by atoms with Gasteiger partial charge >= 0.3 is 0 Å². The SMILES string of the molecule is CN(CCCNC(=O)C1=NNC(=O)CC1)C1CCCCC1. The lowest BCUT2D eigenvalue weighted by atomic mass is 9.94. The van der Waals surface area contributed by atoms with E-state index in [1.54, 1.807) is 0 Å². The molecular weight excluding hydrogens is 268 g/mol. The number of carbonyl (C=O) groups is 2. The Hall–Kier alpha value is -1.43. The molecule has 0 aromatic heterocycles. The molecule has 0 unspecified atom stereocenters. The zero-order valence-electron chi connectivity index (χ0n) is 12.9. The molecule has 1 aliphatic carbocycles. The zero-order valence-corrected chi connectivity index (χ0v) is 12.9. The van der Waals surface area contributed by atoms with Gasteiger partial charge in [-0.3, -0.25) is 9.59 Å². The van der Waals surface area contributed by atoms with Crippen molar-refractivity contribution in [2.24, 2.45) is 5.10 Å². The molecule has 1 aliphatic heterocycles. The molecule has 6 nitrogen and oxygen atoms in total. The molecule has 2 amide bonds. The number of hydrogen-bond donors (Lipinski definition) is 2. The lowest BCUT2D eigenvalue weighted by Crippen LogP contribution is -2.39. The van der Waals surface area contributed by atoms with E-state index < -0.39 is 0 Å². The second-order valence-corrected chi connectivity index (χ2v) is 5.98. The van der Waals surface area contributed by atoms with E-state index in [9.17, 15) is 9.59 Å². The van der Waals surface area contributed by atoms with Crippen molar-refractivity contribution in [2.75, 3.05) is 20.1 Å². The highest BCUT2D eigenvalue weighted by molar-refractivity contribution is 6.39. The molecule has 1 fully saturated rings. The van der Waals surface area contributed by atoms with Crippen LogP contribution in [0.5, 0.6) is 0 Å². The molecule has 118 valence electrons. The third-order valence-electron chi connectivity index (χ3n) is 4.34. The maximum Gasteiger partial charge on any atom is 0.267 e. The van der Waals surface area contributed by atoms with Gasteiger partial charge < -0.3 is 10.2 Å². The topological polar surface area (TPSA) is 73.8 Å². The summed E-state index contributed by atoms with van der Waals surface area (Å²) in [6.45, 7) is 1.66. The van der Waals surface area contributed by atoms with Gasteiger partial charge in [-0.05, 0) is 32.9 Å². The molecule has 0 aromatic rings. The van der Waals surface area contributed by atoms with E-state index >= 15 is 0 Å². The van der Waals surface area contributed by atoms with Crippen LogP contribution < -0.4 is 10.7 Å². The monoisotopic (exact) mass is 294 g/mol. The Bertz CT molecular complexity index is 402. The largest absolute Gasteiger partial charge is 0.351 e. The summed E-state index contributed by atoms with van der Waals surface area (Å²) in [5.41, 5.74) is 2.77. The number of hydrazone groups is 1. The Balaban J connectivity index is 1.60. The number of nitrogens with one attached hydrogen (secondary N) is 2. The van der Waals surface area contributed by atoms with Crippen LogP contribution in [0.3, 0.4) is 0 Å². The molecule has 1 heterocycles. The molecule has 0 radical (unpaired) electrons. The lowest BCUT2D eigenvalue weighted by molar-refractivity contribution is -0.121. The number of amides is 2. The van der Waals surface area contributed by atoms with Crippen LogP contribution in [0.25, 0.3) is 0 Å². The van der Waals surface area contributed by atoms with E-state index in [2.05, 4.69) is 27.8 Å². The van der Waals surface area contributed by atoms with Crippen molar-refractivity contribution in [1.29, 1.82) is 0 Å². The van der Waals surface area contributed by atoms with Crippen LogP contribution in [0.2, 0.25) is 0 Å². The van der Waals surface area contributed by atoms with Gasteiger partial charge in [0, 0.05) is 25.4 Å². The molecule has 2 N–H and O–H groups in total. The minimum absolute atomic E-state index is 0.124. The zero-order chi connectivity index (χ0) is 15.1. The summed E-state index contributed by atoms with van der Waals surface area (Å²) < 4.78 is 0. The molecular formula is C15H26N4O2. The number of nitrogens with zero attached hydrogens (tertiary/aromatic N) is 2. The highest BCUT2D eigenvalue weighted by atomic mass is 16.2. The van der Waals surface area contributed by atoms with E-state index in [4.69, 9.17) is 0 Å². The Morgan fingerprint density at radius 2 is 2.10 bits per heavy atom. The second-order valence-electron chi connectivity index (χ2n) is 5.98. The standard InChI is InChI=1S/C15H26N4O2/c1-19(12-6-3-2-4-7-12)11-5-10-16-15(21)13-8-9-14(20)18-17-13/h12H,2-11H2,1H3,(H,16,21)(H,18,20). The molecule has 1 saturated carbocycles. The van der Waals surface area contributed by atoms with Crippen LogP contribution >= 0.6 is 0 Å². The van der Waals surface area contributed by atoms with Gasteiger partial charge in [0.25, 0.3) is 5.91 Å². The summed E-state index contributed by atoms with van der Waals surface area (Å²) in [5, 5.41) is 6.67. The van der Waals surface area contributed by atoms with Gasteiger partial charge in [-0.1, -0.05) is 19.3 Å². The van der Waals surface area contributed by atoms with Crippen LogP contribution in [0.1, 0.15) is 51.4 Å². The number of hydrogen-bond acceptors (Lipinski definition) is 4. The van der Waals surface area contributed by atoms with E-state index in [-0.39, 0.29) is 11.8 Å². The third-order valence-corrected chi connectivity index (χ3v) is 4.34. The predicted molar refractivity (Wildman–Crippen MR) is 81.9 cm³/mol. The molecule has 21 heavy (non-hydrogen) atoms. The van der Waals surface area contributed by atoms with Gasteiger partial charge in [-0.2, -0.15) is 5.10 Å². The summed E-state index contributed by atoms with van der Waals surface area (Å²) in [7, 11) is 2.18. The molecule has 0 saturated heterocycles. The second kappa shape index (κ2) is 8.12. The first-order chi connectivity index (χ1) is 10.2. The third kappa shape index (κ3) is 5.12. The van der Waals surface area contributed by atoms with Crippen molar-refractivity contribution in [1.82, 2.24) is 15.6 Å². The molecule has 0 spiro atoms. The average molecular weight is 294 g/mol. The fourth-order valence-electron chi connectivity index (χ4n) is 2.97. The molecule has 2 rings (SSSR count). The summed E-state index contributed by atoms with van der Waals surface area (Å²) in [4.78, 5) is 25.2. The van der Waals surface area contributed by atoms with E-state index in [0.717, 1.165) is 13.0 Å². The summed E-state index contributed by atoms with van der Waals surface area (Å²) in [5.74, 6) is -0.282. The first kappa shape index (κ1) is 15.9. The quantitative estimate of drug-likeness (QED) is 0.718. The molecule has 6 heteroatoms. The highest BCUT2D eigenvalue weighted by Gasteiger charge is 2.19. The maximum atomic E-state index is 11.8. The summed E-state index contributed by atoms with van der Waals surface area (Å²) in [6, 6.07) is 0.715. The summed E-state index contributed by atoms with van der Waals surface area (Å²) in [6.07, 6.45) is 8.39. The van der Waals surface area contributed by atoms with Crippen molar-refractivity contribution in [3.63, 3.8) is 0 Å². The fraction of sp³-hybridized carbons (Fsp3) is 0.800. The summed E-state index contributed by atoms with van der Waals surface area (Å²) >= 11 is 0. The first-order valence-electron chi connectivity index (χ1n) is 8.00. The smallest absolute Gasteiger partial charge is 0.267 e. The van der Waals surface area contributed by atoms with Gasteiger partial charge in [0.15, 0.2) is 0 Å². The average Bonchev–Trinajstić information content (AvgIpc) is 2.52. The minimum atomic E-state index is -0.157. The molecule has 2 aliphatic rings. The Labute approximate surface area is 126 Å². The molecule has 0 aromatic carbocycles. The van der Waals surface area contributed by atoms with Crippen LogP contribution in [-0.2, 0) is 9.59 Å². The van der Waals surface area contributed by atoms with Crippen molar-refractivity contribution >= 4 is 17.5 Å². The van der Waals surface area contributed by atoms with E-state index in [0.29, 0.717) is 31.1 Å². The Morgan fingerprint density at radius 1 is 1.33 bits per heavy atom. The molecule has 0 atom stereocenters. The van der Waals surface area contributed by atoms with Crippen LogP contribution in [0.15, 0.2) is 5.10 Å². The fourth-order valence-corrected chi connectivity index (χ4v) is 2.97. The van der Waals surface area contributed by atoms with Crippen molar-refractivity contribution < 1.29 is 9.59 Å². The van der Waals surface area contributed by atoms with Crippen LogP contribution in [0, 0.1) is 0 Å². The molecule has 0 bridgehead atoms. The van der Waals surface area contributed by atoms with Gasteiger partial charge in [-0.15, -0.1) is 0 Å². The van der Waals surface area contributed by atoms with E-state index in [1.165, 1.54) is 32.1 Å². The van der Waals surface area contributed by atoms with Crippen molar-refractivity contribution in [3.05, 3.63) is 0 Å². The van der Waals surface area contributed by atoms with Crippen molar-refractivity contribution in [2.45, 2.75) is 57.4 Å². The highest BCUT2D eigenvalue weighted by Crippen LogP contribution is 2.21. The Morgan fingerprint density at radius 3 is 2.76 bits per heavy atom. The number of rotatable bonds is 6. The Kier molecular flexibility index (Phi) is 6.17. The van der Waals surface area contributed by atoms with Crippen molar-refractivity contribution in [3.8, 4) is 0 Å². The van der Waals surface area contributed by atoms with Crippen LogP contribution in [0.4, 0.5) is 0 Å². The normalized spacial score (nSPS) is 20.1.